The monoisotopic (exact) mass is 384 g/mol. The first kappa shape index (κ1) is 25.1. The summed E-state index contributed by atoms with van der Waals surface area (Å²) >= 11 is 0. The Morgan fingerprint density at radius 3 is 2.15 bits per heavy atom. The van der Waals surface area contributed by atoms with Crippen LogP contribution in [0.3, 0.4) is 0 Å². The van der Waals surface area contributed by atoms with E-state index >= 15 is 0 Å². The van der Waals surface area contributed by atoms with Crippen LogP contribution in [0.4, 0.5) is 0 Å². The number of rotatable bonds is 11. The number of allylic oxidation sites excluding steroid dienone is 1. The van der Waals surface area contributed by atoms with Gasteiger partial charge < -0.3 is 9.16 Å². The normalized spacial score (nSPS) is 15.5. The van der Waals surface area contributed by atoms with Crippen LogP contribution in [0.1, 0.15) is 74.1 Å². The van der Waals surface area contributed by atoms with Gasteiger partial charge in [0.1, 0.15) is 0 Å². The van der Waals surface area contributed by atoms with E-state index in [0.29, 0.717) is 12.3 Å². The van der Waals surface area contributed by atoms with Crippen LogP contribution in [0, 0.1) is 5.92 Å². The van der Waals surface area contributed by atoms with Gasteiger partial charge in [0, 0.05) is 20.0 Å². The molecule has 2 atom stereocenters. The summed E-state index contributed by atoms with van der Waals surface area (Å²) < 4.78 is 11.3. The van der Waals surface area contributed by atoms with E-state index in [1.54, 1.807) is 0 Å². The second-order valence-corrected chi connectivity index (χ2v) is 13.9. The van der Waals surface area contributed by atoms with Crippen LogP contribution >= 0.6 is 0 Å². The average Bonchev–Trinajstić information content (AvgIpc) is 2.47. The number of hydrogen-bond donors (Lipinski definition) is 0. The van der Waals surface area contributed by atoms with Crippen LogP contribution in [0.25, 0.3) is 0 Å². The Bertz CT molecular complexity index is 489. The molecule has 0 aliphatic heterocycles. The highest BCUT2D eigenvalue weighted by Gasteiger charge is 2.37. The lowest BCUT2D eigenvalue weighted by molar-refractivity contribution is -0.152. The van der Waals surface area contributed by atoms with Gasteiger partial charge in [-0.15, -0.1) is 0 Å². The van der Waals surface area contributed by atoms with Gasteiger partial charge in [-0.25, -0.2) is 0 Å². The van der Waals surface area contributed by atoms with E-state index in [0.717, 1.165) is 25.9 Å². The maximum atomic E-state index is 11.5. The molecule has 0 saturated carbocycles. The first-order chi connectivity index (χ1) is 11.8. The second kappa shape index (κ2) is 11.0. The van der Waals surface area contributed by atoms with E-state index in [1.165, 1.54) is 19.4 Å². The number of carbonyl (C=O) groups is 2. The zero-order valence-corrected chi connectivity index (χ0v) is 19.4. The topological polar surface area (TPSA) is 52.6 Å². The van der Waals surface area contributed by atoms with Crippen molar-refractivity contribution >= 4 is 20.1 Å². The quantitative estimate of drug-likeness (QED) is 0.261. The fourth-order valence-electron chi connectivity index (χ4n) is 2.29. The minimum Gasteiger partial charge on any atom is -0.454 e. The second-order valence-electron chi connectivity index (χ2n) is 9.06. The molecule has 0 amide bonds. The number of ether oxygens (including phenoxy) is 1. The van der Waals surface area contributed by atoms with Gasteiger partial charge in [0.25, 0.3) is 0 Å². The van der Waals surface area contributed by atoms with Crippen LogP contribution in [-0.2, 0) is 18.8 Å². The van der Waals surface area contributed by atoms with Crippen molar-refractivity contribution in [1.29, 1.82) is 0 Å². The third-order valence-electron chi connectivity index (χ3n) is 5.24. The van der Waals surface area contributed by atoms with Crippen molar-refractivity contribution in [2.75, 3.05) is 6.61 Å². The van der Waals surface area contributed by atoms with Gasteiger partial charge in [0.05, 0.1) is 0 Å². The molecule has 0 aromatic heterocycles. The van der Waals surface area contributed by atoms with Crippen molar-refractivity contribution in [2.45, 2.75) is 98.4 Å². The maximum absolute atomic E-state index is 11.5. The molecule has 0 aromatic rings. The zero-order chi connectivity index (χ0) is 20.5. The molecule has 5 heteroatoms. The molecule has 4 nitrogen and oxygen atoms in total. The van der Waals surface area contributed by atoms with Crippen LogP contribution < -0.4 is 0 Å². The van der Waals surface area contributed by atoms with Gasteiger partial charge in [0.15, 0.2) is 20.2 Å². The molecule has 152 valence electrons. The van der Waals surface area contributed by atoms with Gasteiger partial charge >= 0.3 is 5.97 Å². The summed E-state index contributed by atoms with van der Waals surface area (Å²) in [6.45, 7) is 19.3. The lowest BCUT2D eigenvalue weighted by atomic mass is 10.0. The molecule has 0 saturated heterocycles. The molecule has 0 aliphatic carbocycles. The van der Waals surface area contributed by atoms with E-state index in [2.05, 4.69) is 47.7 Å². The zero-order valence-electron chi connectivity index (χ0n) is 18.4. The van der Waals surface area contributed by atoms with Gasteiger partial charge in [-0.1, -0.05) is 39.3 Å². The Labute approximate surface area is 161 Å². The summed E-state index contributed by atoms with van der Waals surface area (Å²) in [6, 6.07) is 0. The summed E-state index contributed by atoms with van der Waals surface area (Å²) in [5.41, 5.74) is 1.24. The van der Waals surface area contributed by atoms with Gasteiger partial charge in [-0.3, -0.25) is 9.59 Å². The average molecular weight is 385 g/mol. The summed E-state index contributed by atoms with van der Waals surface area (Å²) in [4.78, 5) is 22.5. The number of Topliss-reactive ketones (excluding diaryl/α,β-unsaturated/α-hetero) is 1. The molecular formula is C21H40O4Si. The first-order valence-electron chi connectivity index (χ1n) is 9.73. The lowest BCUT2D eigenvalue weighted by Gasteiger charge is -2.37. The summed E-state index contributed by atoms with van der Waals surface area (Å²) in [7, 11) is -1.66. The Hall–Kier alpha value is -0.943. The van der Waals surface area contributed by atoms with Gasteiger partial charge in [-0.2, -0.15) is 0 Å². The molecule has 0 aliphatic rings. The number of hydrogen-bond acceptors (Lipinski definition) is 4. The number of esters is 1. The molecule has 0 bridgehead atoms. The molecule has 0 rings (SSSR count). The Morgan fingerprint density at radius 2 is 1.69 bits per heavy atom. The van der Waals surface area contributed by atoms with Crippen molar-refractivity contribution in [3.8, 4) is 0 Å². The van der Waals surface area contributed by atoms with E-state index < -0.39 is 20.4 Å². The van der Waals surface area contributed by atoms with Crippen LogP contribution in [0.15, 0.2) is 11.6 Å². The molecule has 0 heterocycles. The predicted octanol–water partition coefficient (Wildman–Crippen LogP) is 5.67. The van der Waals surface area contributed by atoms with E-state index in [9.17, 15) is 9.59 Å². The SMILES string of the molecule is CC(=O)OC(CC=C(C)CCC[C@H](C)CO[Si](C)(C)C(C)(C)C)C(C)=O. The number of carbonyl (C=O) groups excluding carboxylic acids is 2. The van der Waals surface area contributed by atoms with Crippen molar-refractivity contribution in [2.24, 2.45) is 5.92 Å². The van der Waals surface area contributed by atoms with Crippen LogP contribution in [-0.4, -0.2) is 32.8 Å². The van der Waals surface area contributed by atoms with Crippen LogP contribution in [0.2, 0.25) is 18.1 Å². The van der Waals surface area contributed by atoms with Gasteiger partial charge in [0.2, 0.25) is 0 Å². The van der Waals surface area contributed by atoms with E-state index in [4.69, 9.17) is 9.16 Å². The van der Waals surface area contributed by atoms with Crippen LogP contribution in [0.5, 0.6) is 0 Å². The number of ketones is 1. The fourth-order valence-corrected chi connectivity index (χ4v) is 3.42. The maximum Gasteiger partial charge on any atom is 0.303 e. The smallest absolute Gasteiger partial charge is 0.303 e. The Morgan fingerprint density at radius 1 is 1.12 bits per heavy atom. The van der Waals surface area contributed by atoms with Gasteiger partial charge in [-0.05, 0) is 57.2 Å². The molecule has 0 spiro atoms. The van der Waals surface area contributed by atoms with Crippen molar-refractivity contribution in [3.63, 3.8) is 0 Å². The Balaban J connectivity index is 4.25. The summed E-state index contributed by atoms with van der Waals surface area (Å²) in [5, 5.41) is 0.251. The highest BCUT2D eigenvalue weighted by molar-refractivity contribution is 6.74. The molecule has 0 fully saturated rings. The minimum absolute atomic E-state index is 0.111. The molecular weight excluding hydrogens is 344 g/mol. The fraction of sp³-hybridized carbons (Fsp3) is 0.810. The Kier molecular flexibility index (Phi) is 10.6. The highest BCUT2D eigenvalue weighted by Crippen LogP contribution is 2.36. The minimum atomic E-state index is -1.66. The third-order valence-corrected chi connectivity index (χ3v) is 9.75. The largest absolute Gasteiger partial charge is 0.454 e. The highest BCUT2D eigenvalue weighted by atomic mass is 28.4. The molecule has 1 unspecified atom stereocenters. The van der Waals surface area contributed by atoms with Crippen molar-refractivity contribution in [1.82, 2.24) is 0 Å². The standard InChI is InChI=1S/C21H40O4Si/c1-16(13-14-20(18(3)22)25-19(4)23)11-10-12-17(2)15-24-26(8,9)21(5,6)7/h13,17,20H,10-12,14-15H2,1-9H3/t17-,20?/m0/s1. The molecule has 0 aromatic carbocycles. The molecule has 0 N–H and O–H groups in total. The molecule has 26 heavy (non-hydrogen) atoms. The van der Waals surface area contributed by atoms with Crippen molar-refractivity contribution in [3.05, 3.63) is 11.6 Å². The molecule has 0 radical (unpaired) electrons. The van der Waals surface area contributed by atoms with E-state index in [1.807, 2.05) is 6.08 Å². The predicted molar refractivity (Wildman–Crippen MR) is 111 cm³/mol. The van der Waals surface area contributed by atoms with E-state index in [-0.39, 0.29) is 10.8 Å². The third kappa shape index (κ3) is 10.3. The first-order valence-corrected chi connectivity index (χ1v) is 12.6. The summed E-state index contributed by atoms with van der Waals surface area (Å²) in [5.74, 6) is 0.0235. The summed E-state index contributed by atoms with van der Waals surface area (Å²) in [6.07, 6.45) is 5.05. The lowest BCUT2D eigenvalue weighted by Crippen LogP contribution is -2.41. The van der Waals surface area contributed by atoms with Crippen molar-refractivity contribution < 1.29 is 18.8 Å².